The predicted octanol–water partition coefficient (Wildman–Crippen LogP) is 5.35. The zero-order valence-corrected chi connectivity index (χ0v) is 13.0. The van der Waals surface area contributed by atoms with Gasteiger partial charge in [-0.05, 0) is 41.8 Å². The van der Waals surface area contributed by atoms with Gasteiger partial charge in [-0.25, -0.2) is 0 Å². The Morgan fingerprint density at radius 3 is 2.18 bits per heavy atom. The van der Waals surface area contributed by atoms with E-state index in [1.54, 1.807) is 0 Å². The van der Waals surface area contributed by atoms with Crippen molar-refractivity contribution in [3.63, 3.8) is 0 Å². The van der Waals surface area contributed by atoms with Crippen LogP contribution in [0.1, 0.15) is 31.7 Å². The number of benzene rings is 2. The molecule has 2 rings (SSSR count). The van der Waals surface area contributed by atoms with E-state index in [4.69, 9.17) is 10.00 Å². The van der Waals surface area contributed by atoms with E-state index in [-0.39, 0.29) is 0 Å². The van der Waals surface area contributed by atoms with Gasteiger partial charge < -0.3 is 4.74 Å². The van der Waals surface area contributed by atoms with Gasteiger partial charge in [0.25, 0.3) is 0 Å². The fourth-order valence-corrected chi connectivity index (χ4v) is 2.13. The summed E-state index contributed by atoms with van der Waals surface area (Å²) in [4.78, 5) is 0. The molecule has 0 spiro atoms. The lowest BCUT2D eigenvalue weighted by molar-refractivity contribution is 0.362. The zero-order valence-electron chi connectivity index (χ0n) is 13.0. The molecule has 0 amide bonds. The van der Waals surface area contributed by atoms with E-state index in [1.807, 2.05) is 48.5 Å². The third-order valence-electron chi connectivity index (χ3n) is 3.44. The Morgan fingerprint density at radius 1 is 0.955 bits per heavy atom. The highest BCUT2D eigenvalue weighted by Gasteiger charge is 1.99. The van der Waals surface area contributed by atoms with Crippen LogP contribution in [0.25, 0.3) is 11.1 Å². The second-order valence-corrected chi connectivity index (χ2v) is 5.14. The first-order valence-corrected chi connectivity index (χ1v) is 7.72. The van der Waals surface area contributed by atoms with Gasteiger partial charge in [-0.15, -0.1) is 0 Å². The third kappa shape index (κ3) is 4.79. The zero-order chi connectivity index (χ0) is 15.6. The maximum absolute atomic E-state index is 8.81. The highest BCUT2D eigenvalue weighted by molar-refractivity contribution is 5.64. The molecule has 0 atom stereocenters. The lowest BCUT2D eigenvalue weighted by Gasteiger charge is -2.05. The van der Waals surface area contributed by atoms with Crippen LogP contribution >= 0.6 is 0 Å². The van der Waals surface area contributed by atoms with Crippen molar-refractivity contribution >= 4 is 0 Å². The Kier molecular flexibility index (Phi) is 6.26. The van der Waals surface area contributed by atoms with E-state index >= 15 is 0 Å². The van der Waals surface area contributed by atoms with Crippen molar-refractivity contribution in [2.45, 2.75) is 26.2 Å². The van der Waals surface area contributed by atoms with Crippen molar-refractivity contribution in [2.75, 3.05) is 6.61 Å². The quantitative estimate of drug-likeness (QED) is 0.509. The largest absolute Gasteiger partial charge is 0.490 e. The summed E-state index contributed by atoms with van der Waals surface area (Å²) < 4.78 is 5.68. The van der Waals surface area contributed by atoms with Crippen molar-refractivity contribution in [3.8, 4) is 22.9 Å². The van der Waals surface area contributed by atoms with Crippen LogP contribution in [0.5, 0.6) is 5.75 Å². The van der Waals surface area contributed by atoms with Crippen LogP contribution in [-0.4, -0.2) is 6.61 Å². The molecule has 0 fully saturated rings. The number of nitriles is 1. The second-order valence-electron chi connectivity index (χ2n) is 5.14. The molecule has 0 aliphatic heterocycles. The van der Waals surface area contributed by atoms with Crippen molar-refractivity contribution in [1.29, 1.82) is 5.26 Å². The molecule has 0 N–H and O–H groups in total. The van der Waals surface area contributed by atoms with Gasteiger partial charge in [0.2, 0.25) is 0 Å². The molecule has 0 aliphatic carbocycles. The molecule has 2 nitrogen and oxygen atoms in total. The van der Waals surface area contributed by atoms with Gasteiger partial charge in [0.15, 0.2) is 0 Å². The van der Waals surface area contributed by atoms with Crippen LogP contribution in [0, 0.1) is 11.3 Å². The van der Waals surface area contributed by atoms with E-state index in [9.17, 15) is 0 Å². The first-order valence-electron chi connectivity index (χ1n) is 7.72. The molecule has 2 heteroatoms. The number of hydrogen-bond acceptors (Lipinski definition) is 2. The lowest BCUT2D eigenvalue weighted by Crippen LogP contribution is -1.93. The molecule has 0 unspecified atom stereocenters. The Labute approximate surface area is 132 Å². The summed E-state index contributed by atoms with van der Waals surface area (Å²) in [5.74, 6) is 0.873. The van der Waals surface area contributed by atoms with Crippen LogP contribution in [0.3, 0.4) is 0 Å². The fraction of sp³-hybridized carbons (Fsp3) is 0.250. The van der Waals surface area contributed by atoms with Crippen molar-refractivity contribution < 1.29 is 4.74 Å². The minimum Gasteiger partial charge on any atom is -0.490 e. The average Bonchev–Trinajstić information content (AvgIpc) is 2.59. The van der Waals surface area contributed by atoms with Gasteiger partial charge in [0.05, 0.1) is 11.6 Å². The SMILES string of the molecule is CCCC/C=C/COc1ccc(-c2ccc(C#N)cc2)cc1. The fourth-order valence-electron chi connectivity index (χ4n) is 2.13. The molecule has 22 heavy (non-hydrogen) atoms. The Morgan fingerprint density at radius 2 is 1.59 bits per heavy atom. The number of ether oxygens (including phenoxy) is 1. The monoisotopic (exact) mass is 291 g/mol. The topological polar surface area (TPSA) is 33.0 Å². The average molecular weight is 291 g/mol. The molecule has 112 valence electrons. The minimum atomic E-state index is 0.611. The van der Waals surface area contributed by atoms with E-state index in [2.05, 4.69) is 25.1 Å². The summed E-state index contributed by atoms with van der Waals surface area (Å²) >= 11 is 0. The summed E-state index contributed by atoms with van der Waals surface area (Å²) in [6, 6.07) is 17.8. The summed E-state index contributed by atoms with van der Waals surface area (Å²) in [6.07, 6.45) is 7.83. The standard InChI is InChI=1S/C20H21NO/c1-2-3-4-5-6-15-22-20-13-11-19(12-14-20)18-9-7-17(16-21)8-10-18/h5-14H,2-4,15H2,1H3/b6-5+. The normalized spacial score (nSPS) is 10.5. The maximum Gasteiger partial charge on any atom is 0.119 e. The van der Waals surface area contributed by atoms with Crippen LogP contribution < -0.4 is 4.74 Å². The summed E-state index contributed by atoms with van der Waals surface area (Å²) in [6.45, 7) is 2.81. The summed E-state index contributed by atoms with van der Waals surface area (Å²) in [7, 11) is 0. The number of unbranched alkanes of at least 4 members (excludes halogenated alkanes) is 2. The van der Waals surface area contributed by atoms with Crippen molar-refractivity contribution in [3.05, 3.63) is 66.2 Å². The van der Waals surface area contributed by atoms with Crippen LogP contribution in [0.4, 0.5) is 0 Å². The number of nitrogens with zero attached hydrogens (tertiary/aromatic N) is 1. The second kappa shape index (κ2) is 8.69. The van der Waals surface area contributed by atoms with E-state index in [1.165, 1.54) is 12.8 Å². The van der Waals surface area contributed by atoms with Crippen LogP contribution in [-0.2, 0) is 0 Å². The predicted molar refractivity (Wildman–Crippen MR) is 90.8 cm³/mol. The van der Waals surface area contributed by atoms with E-state index in [0.29, 0.717) is 12.2 Å². The molecule has 0 bridgehead atoms. The molecule has 0 aromatic heterocycles. The first-order chi connectivity index (χ1) is 10.8. The van der Waals surface area contributed by atoms with Crippen molar-refractivity contribution in [2.24, 2.45) is 0 Å². The molecule has 0 heterocycles. The molecule has 2 aromatic carbocycles. The maximum atomic E-state index is 8.81. The Bertz CT molecular complexity index is 633. The molecule has 0 aliphatic rings. The molecule has 0 saturated heterocycles. The van der Waals surface area contributed by atoms with Gasteiger partial charge in [-0.3, -0.25) is 0 Å². The Hall–Kier alpha value is -2.53. The summed E-state index contributed by atoms with van der Waals surface area (Å²) in [5.41, 5.74) is 2.90. The minimum absolute atomic E-state index is 0.611. The molecule has 0 radical (unpaired) electrons. The molecular weight excluding hydrogens is 270 g/mol. The van der Waals surface area contributed by atoms with Gasteiger partial charge in [-0.2, -0.15) is 5.26 Å². The highest BCUT2D eigenvalue weighted by atomic mass is 16.5. The number of rotatable bonds is 7. The smallest absolute Gasteiger partial charge is 0.119 e. The highest BCUT2D eigenvalue weighted by Crippen LogP contribution is 2.22. The van der Waals surface area contributed by atoms with Crippen molar-refractivity contribution in [1.82, 2.24) is 0 Å². The molecule has 2 aromatic rings. The van der Waals surface area contributed by atoms with E-state index < -0.39 is 0 Å². The Balaban J connectivity index is 1.89. The molecular formula is C20H21NO. The van der Waals surface area contributed by atoms with Crippen LogP contribution in [0.2, 0.25) is 0 Å². The first kappa shape index (κ1) is 15.9. The van der Waals surface area contributed by atoms with E-state index in [0.717, 1.165) is 23.3 Å². The van der Waals surface area contributed by atoms with Gasteiger partial charge in [0, 0.05) is 0 Å². The number of allylic oxidation sites excluding steroid dienone is 1. The van der Waals surface area contributed by atoms with Gasteiger partial charge in [-0.1, -0.05) is 56.2 Å². The van der Waals surface area contributed by atoms with Gasteiger partial charge >= 0.3 is 0 Å². The third-order valence-corrected chi connectivity index (χ3v) is 3.44. The molecule has 0 saturated carbocycles. The lowest BCUT2D eigenvalue weighted by atomic mass is 10.0. The number of hydrogen-bond donors (Lipinski definition) is 0. The van der Waals surface area contributed by atoms with Crippen LogP contribution in [0.15, 0.2) is 60.7 Å². The summed E-state index contributed by atoms with van der Waals surface area (Å²) in [5, 5.41) is 8.81. The van der Waals surface area contributed by atoms with Gasteiger partial charge in [0.1, 0.15) is 12.4 Å².